The average molecular weight is 405 g/mol. The van der Waals surface area contributed by atoms with E-state index in [1.54, 1.807) is 54.7 Å². The van der Waals surface area contributed by atoms with Crippen molar-refractivity contribution in [3.8, 4) is 0 Å². The fourth-order valence-electron chi connectivity index (χ4n) is 3.45. The van der Waals surface area contributed by atoms with E-state index in [-0.39, 0.29) is 11.3 Å². The van der Waals surface area contributed by atoms with Gasteiger partial charge >= 0.3 is 0 Å². The number of halogens is 1. The van der Waals surface area contributed by atoms with Crippen LogP contribution in [0.2, 0.25) is 5.02 Å². The molecule has 4 rings (SSSR count). The molecule has 5 nitrogen and oxygen atoms in total. The van der Waals surface area contributed by atoms with Gasteiger partial charge in [-0.2, -0.15) is 0 Å². The van der Waals surface area contributed by atoms with Gasteiger partial charge in [0.25, 0.3) is 11.7 Å². The number of amides is 1. The number of hydrogen-bond acceptors (Lipinski definition) is 4. The van der Waals surface area contributed by atoms with E-state index in [2.05, 4.69) is 4.98 Å². The lowest BCUT2D eigenvalue weighted by Crippen LogP contribution is -2.29. The second-order valence-electron chi connectivity index (χ2n) is 6.77. The quantitative estimate of drug-likeness (QED) is 0.391. The minimum atomic E-state index is -0.866. The molecule has 1 saturated heterocycles. The maximum absolute atomic E-state index is 13.0. The fourth-order valence-corrected chi connectivity index (χ4v) is 3.69. The maximum atomic E-state index is 13.0. The van der Waals surface area contributed by atoms with Crippen molar-refractivity contribution >= 4 is 34.7 Å². The van der Waals surface area contributed by atoms with Crippen molar-refractivity contribution in [2.24, 2.45) is 0 Å². The summed E-state index contributed by atoms with van der Waals surface area (Å²) in [7, 11) is 0. The average Bonchev–Trinajstić information content (AvgIpc) is 3.00. The SMILES string of the molecule is Cc1ccc(/C(O)=C2\C(=O)C(=O)N(c3cccnc3)C2c2ccccc2Cl)cc1. The summed E-state index contributed by atoms with van der Waals surface area (Å²) in [6, 6.07) is 16.6. The lowest BCUT2D eigenvalue weighted by Gasteiger charge is -2.25. The second-order valence-corrected chi connectivity index (χ2v) is 7.18. The summed E-state index contributed by atoms with van der Waals surface area (Å²) in [6.07, 6.45) is 3.08. The van der Waals surface area contributed by atoms with Gasteiger partial charge in [0.1, 0.15) is 5.76 Å². The topological polar surface area (TPSA) is 70.5 Å². The third-order valence-electron chi connectivity index (χ3n) is 4.89. The van der Waals surface area contributed by atoms with Crippen molar-refractivity contribution in [2.45, 2.75) is 13.0 Å². The minimum Gasteiger partial charge on any atom is -0.507 e. The predicted octanol–water partition coefficient (Wildman–Crippen LogP) is 4.67. The lowest BCUT2D eigenvalue weighted by molar-refractivity contribution is -0.132. The third kappa shape index (κ3) is 3.30. The Morgan fingerprint density at radius 3 is 2.41 bits per heavy atom. The van der Waals surface area contributed by atoms with Gasteiger partial charge in [0, 0.05) is 16.8 Å². The molecule has 1 amide bonds. The molecule has 2 aromatic carbocycles. The highest BCUT2D eigenvalue weighted by Gasteiger charge is 2.47. The smallest absolute Gasteiger partial charge is 0.300 e. The molecule has 0 spiro atoms. The lowest BCUT2D eigenvalue weighted by atomic mass is 9.95. The van der Waals surface area contributed by atoms with Gasteiger partial charge in [-0.1, -0.05) is 59.6 Å². The van der Waals surface area contributed by atoms with Crippen LogP contribution in [0, 0.1) is 6.92 Å². The Labute approximate surface area is 172 Å². The molecule has 1 aromatic heterocycles. The molecule has 1 atom stereocenters. The molecule has 0 radical (unpaired) electrons. The molecule has 0 saturated carbocycles. The van der Waals surface area contributed by atoms with Crippen LogP contribution in [0.3, 0.4) is 0 Å². The van der Waals surface area contributed by atoms with Gasteiger partial charge in [-0.05, 0) is 30.7 Å². The number of carbonyl (C=O) groups excluding carboxylic acids is 2. The number of ketones is 1. The summed E-state index contributed by atoms with van der Waals surface area (Å²) in [6.45, 7) is 1.93. The van der Waals surface area contributed by atoms with E-state index < -0.39 is 17.7 Å². The van der Waals surface area contributed by atoms with Crippen LogP contribution in [-0.4, -0.2) is 21.8 Å². The van der Waals surface area contributed by atoms with E-state index >= 15 is 0 Å². The molecule has 29 heavy (non-hydrogen) atoms. The number of anilines is 1. The number of pyridine rings is 1. The van der Waals surface area contributed by atoms with Crippen LogP contribution in [0.25, 0.3) is 5.76 Å². The molecule has 0 aliphatic carbocycles. The summed E-state index contributed by atoms with van der Waals surface area (Å²) in [5, 5.41) is 11.4. The van der Waals surface area contributed by atoms with Crippen molar-refractivity contribution in [1.29, 1.82) is 0 Å². The van der Waals surface area contributed by atoms with Crippen LogP contribution in [0.5, 0.6) is 0 Å². The number of benzene rings is 2. The first kappa shape index (κ1) is 18.9. The normalized spacial score (nSPS) is 18.3. The van der Waals surface area contributed by atoms with E-state index in [0.717, 1.165) is 5.56 Å². The number of nitrogens with zero attached hydrogens (tertiary/aromatic N) is 2. The van der Waals surface area contributed by atoms with Gasteiger partial charge in [-0.25, -0.2) is 0 Å². The van der Waals surface area contributed by atoms with Crippen LogP contribution in [-0.2, 0) is 9.59 Å². The first-order valence-electron chi connectivity index (χ1n) is 9.01. The van der Waals surface area contributed by atoms with Crippen molar-refractivity contribution in [1.82, 2.24) is 4.98 Å². The summed E-state index contributed by atoms with van der Waals surface area (Å²) in [5.41, 5.74) is 2.46. The summed E-state index contributed by atoms with van der Waals surface area (Å²) in [5.74, 6) is -1.74. The van der Waals surface area contributed by atoms with E-state index in [4.69, 9.17) is 11.6 Å². The zero-order valence-corrected chi connectivity index (χ0v) is 16.3. The Hall–Kier alpha value is -3.44. The van der Waals surface area contributed by atoms with Crippen molar-refractivity contribution in [2.75, 3.05) is 4.90 Å². The highest BCUT2D eigenvalue weighted by atomic mass is 35.5. The molecule has 1 N–H and O–H groups in total. The monoisotopic (exact) mass is 404 g/mol. The number of aryl methyl sites for hydroxylation is 1. The van der Waals surface area contributed by atoms with E-state index in [9.17, 15) is 14.7 Å². The van der Waals surface area contributed by atoms with Gasteiger partial charge in [0.05, 0.1) is 23.5 Å². The number of carbonyl (C=O) groups is 2. The number of aliphatic hydroxyl groups is 1. The molecule has 3 aromatic rings. The molecule has 1 aliphatic heterocycles. The maximum Gasteiger partial charge on any atom is 0.300 e. The Morgan fingerprint density at radius 1 is 1.03 bits per heavy atom. The van der Waals surface area contributed by atoms with Gasteiger partial charge in [-0.15, -0.1) is 0 Å². The number of aliphatic hydroxyl groups excluding tert-OH is 1. The molecule has 144 valence electrons. The Bertz CT molecular complexity index is 1120. The standard InChI is InChI=1S/C23H17ClN2O3/c1-14-8-10-15(11-9-14)21(27)19-20(17-6-2-3-7-18(17)24)26(23(29)22(19)28)16-5-4-12-25-13-16/h2-13,20,27H,1H3/b21-19+. The minimum absolute atomic E-state index is 0.00388. The Kier molecular flexibility index (Phi) is 4.91. The number of aromatic nitrogens is 1. The first-order valence-corrected chi connectivity index (χ1v) is 9.39. The fraction of sp³-hybridized carbons (Fsp3) is 0.0870. The second kappa shape index (κ2) is 7.53. The zero-order valence-electron chi connectivity index (χ0n) is 15.5. The predicted molar refractivity (Wildman–Crippen MR) is 112 cm³/mol. The third-order valence-corrected chi connectivity index (χ3v) is 5.24. The van der Waals surface area contributed by atoms with Crippen LogP contribution in [0.15, 0.2) is 78.6 Å². The van der Waals surface area contributed by atoms with E-state index in [1.807, 2.05) is 19.1 Å². The molecule has 0 bridgehead atoms. The highest BCUT2D eigenvalue weighted by molar-refractivity contribution is 6.52. The van der Waals surface area contributed by atoms with Crippen molar-refractivity contribution in [3.05, 3.63) is 100 Å². The van der Waals surface area contributed by atoms with Gasteiger partial charge in [-0.3, -0.25) is 19.5 Å². The first-order chi connectivity index (χ1) is 14.0. The summed E-state index contributed by atoms with van der Waals surface area (Å²) >= 11 is 6.42. The number of Topliss-reactive ketones (excluding diaryl/α,β-unsaturated/α-hetero) is 1. The van der Waals surface area contributed by atoms with Crippen LogP contribution in [0.4, 0.5) is 5.69 Å². The molecular weight excluding hydrogens is 388 g/mol. The van der Waals surface area contributed by atoms with E-state index in [0.29, 0.717) is 21.8 Å². The zero-order chi connectivity index (χ0) is 20.5. The molecule has 2 heterocycles. The number of rotatable bonds is 3. The van der Waals surface area contributed by atoms with Gasteiger partial charge < -0.3 is 5.11 Å². The van der Waals surface area contributed by atoms with Crippen molar-refractivity contribution in [3.63, 3.8) is 0 Å². The molecular formula is C23H17ClN2O3. The van der Waals surface area contributed by atoms with Gasteiger partial charge in [0.2, 0.25) is 0 Å². The summed E-state index contributed by atoms with van der Waals surface area (Å²) < 4.78 is 0. The van der Waals surface area contributed by atoms with E-state index in [1.165, 1.54) is 11.1 Å². The van der Waals surface area contributed by atoms with Crippen LogP contribution < -0.4 is 4.90 Å². The van der Waals surface area contributed by atoms with Crippen LogP contribution >= 0.6 is 11.6 Å². The number of hydrogen-bond donors (Lipinski definition) is 1. The summed E-state index contributed by atoms with van der Waals surface area (Å²) in [4.78, 5) is 31.3. The Balaban J connectivity index is 1.97. The molecule has 1 fully saturated rings. The largest absolute Gasteiger partial charge is 0.507 e. The van der Waals surface area contributed by atoms with Gasteiger partial charge in [0.15, 0.2) is 0 Å². The van der Waals surface area contributed by atoms with Crippen molar-refractivity contribution < 1.29 is 14.7 Å². The van der Waals surface area contributed by atoms with Crippen LogP contribution in [0.1, 0.15) is 22.7 Å². The molecule has 1 aliphatic rings. The molecule has 6 heteroatoms. The molecule has 1 unspecified atom stereocenters. The Morgan fingerprint density at radius 2 is 1.76 bits per heavy atom. The highest BCUT2D eigenvalue weighted by Crippen LogP contribution is 2.43.